The van der Waals surface area contributed by atoms with Gasteiger partial charge in [-0.3, -0.25) is 4.79 Å². The minimum absolute atomic E-state index is 0.0815. The van der Waals surface area contributed by atoms with Gasteiger partial charge in [0.25, 0.3) is 0 Å². The van der Waals surface area contributed by atoms with Crippen LogP contribution in [0.2, 0.25) is 0 Å². The normalized spacial score (nSPS) is 19.6. The zero-order valence-corrected chi connectivity index (χ0v) is 10.7. The van der Waals surface area contributed by atoms with E-state index in [9.17, 15) is 4.79 Å². The monoisotopic (exact) mass is 233 g/mol. The van der Waals surface area contributed by atoms with Gasteiger partial charge in [-0.15, -0.1) is 0 Å². The molecule has 0 saturated carbocycles. The maximum atomic E-state index is 12.0. The summed E-state index contributed by atoms with van der Waals surface area (Å²) in [7, 11) is 1.82. The molecule has 1 aromatic carbocycles. The molecule has 0 N–H and O–H groups in total. The van der Waals surface area contributed by atoms with Crippen molar-refractivity contribution in [1.82, 2.24) is 0 Å². The highest BCUT2D eigenvalue weighted by atomic mass is 16.5. The van der Waals surface area contributed by atoms with Gasteiger partial charge in [-0.05, 0) is 24.1 Å². The van der Waals surface area contributed by atoms with Crippen LogP contribution in [-0.4, -0.2) is 19.6 Å². The molecule has 0 radical (unpaired) electrons. The van der Waals surface area contributed by atoms with Gasteiger partial charge in [-0.1, -0.05) is 26.3 Å². The number of carbonyl (C=O) groups is 1. The molecule has 0 saturated heterocycles. The Kier molecular flexibility index (Phi) is 3.36. The first kappa shape index (κ1) is 12.0. The number of ether oxygens (including phenoxy) is 1. The van der Waals surface area contributed by atoms with E-state index in [1.807, 2.05) is 20.0 Å². The van der Waals surface area contributed by atoms with Crippen LogP contribution in [0.4, 0.5) is 5.69 Å². The molecule has 17 heavy (non-hydrogen) atoms. The fourth-order valence-electron chi connectivity index (χ4n) is 2.13. The van der Waals surface area contributed by atoms with E-state index in [0.717, 1.165) is 24.3 Å². The van der Waals surface area contributed by atoms with Crippen molar-refractivity contribution in [3.05, 3.63) is 23.8 Å². The van der Waals surface area contributed by atoms with Crippen molar-refractivity contribution >= 4 is 11.6 Å². The summed E-state index contributed by atoms with van der Waals surface area (Å²) in [6.07, 6.45) is 2.14. The van der Waals surface area contributed by atoms with Crippen LogP contribution in [0.15, 0.2) is 18.2 Å². The van der Waals surface area contributed by atoms with Crippen LogP contribution in [-0.2, 0) is 11.2 Å². The number of anilines is 1. The third-order valence-electron chi connectivity index (χ3n) is 3.16. The summed E-state index contributed by atoms with van der Waals surface area (Å²) < 4.78 is 5.67. The van der Waals surface area contributed by atoms with E-state index in [1.54, 1.807) is 4.90 Å². The minimum atomic E-state index is -0.0815. The molecule has 3 heteroatoms. The summed E-state index contributed by atoms with van der Waals surface area (Å²) in [4.78, 5) is 13.7. The lowest BCUT2D eigenvalue weighted by atomic mass is 10.1. The first-order chi connectivity index (χ1) is 8.13. The number of nitrogens with zero attached hydrogens (tertiary/aromatic N) is 1. The number of amides is 1. The van der Waals surface area contributed by atoms with Gasteiger partial charge in [-0.25, -0.2) is 0 Å². The van der Waals surface area contributed by atoms with Crippen LogP contribution in [0, 0.1) is 5.92 Å². The van der Waals surface area contributed by atoms with Gasteiger partial charge in [0.1, 0.15) is 5.75 Å². The Balaban J connectivity index is 2.39. The predicted molar refractivity (Wildman–Crippen MR) is 68.5 cm³/mol. The average Bonchev–Trinajstić information content (AvgIpc) is 2.43. The Labute approximate surface area is 102 Å². The summed E-state index contributed by atoms with van der Waals surface area (Å²) in [5.41, 5.74) is 2.15. The second kappa shape index (κ2) is 4.78. The summed E-state index contributed by atoms with van der Waals surface area (Å²) >= 11 is 0. The second-order valence-electron chi connectivity index (χ2n) is 4.66. The van der Waals surface area contributed by atoms with Crippen LogP contribution in [0.1, 0.15) is 25.8 Å². The quantitative estimate of drug-likeness (QED) is 0.786. The molecule has 0 bridgehead atoms. The van der Waals surface area contributed by atoms with E-state index in [-0.39, 0.29) is 11.8 Å². The van der Waals surface area contributed by atoms with E-state index < -0.39 is 0 Å². The van der Waals surface area contributed by atoms with Crippen LogP contribution < -0.4 is 9.64 Å². The smallest absolute Gasteiger partial charge is 0.233 e. The van der Waals surface area contributed by atoms with E-state index in [2.05, 4.69) is 19.1 Å². The van der Waals surface area contributed by atoms with Gasteiger partial charge in [0.2, 0.25) is 5.91 Å². The van der Waals surface area contributed by atoms with Crippen LogP contribution >= 0.6 is 0 Å². The van der Waals surface area contributed by atoms with Gasteiger partial charge in [0, 0.05) is 7.05 Å². The van der Waals surface area contributed by atoms with Crippen molar-refractivity contribution in [3.8, 4) is 5.75 Å². The summed E-state index contributed by atoms with van der Waals surface area (Å²) in [5, 5.41) is 0. The fourth-order valence-corrected chi connectivity index (χ4v) is 2.13. The number of carbonyl (C=O) groups excluding carboxylic acids is 1. The van der Waals surface area contributed by atoms with Crippen molar-refractivity contribution in [2.75, 3.05) is 18.6 Å². The van der Waals surface area contributed by atoms with Crippen molar-refractivity contribution in [3.63, 3.8) is 0 Å². The summed E-state index contributed by atoms with van der Waals surface area (Å²) in [5.74, 6) is 0.851. The molecule has 1 aliphatic heterocycles. The Morgan fingerprint density at radius 3 is 2.94 bits per heavy atom. The number of hydrogen-bond donors (Lipinski definition) is 0. The zero-order valence-electron chi connectivity index (χ0n) is 10.7. The van der Waals surface area contributed by atoms with E-state index in [0.29, 0.717) is 6.61 Å². The number of fused-ring (bicyclic) bond motifs is 1. The predicted octanol–water partition coefficient (Wildman–Crippen LogP) is 2.63. The van der Waals surface area contributed by atoms with E-state index >= 15 is 0 Å². The average molecular weight is 233 g/mol. The highest BCUT2D eigenvalue weighted by molar-refractivity contribution is 5.96. The molecule has 0 aliphatic carbocycles. The maximum absolute atomic E-state index is 12.0. The SMILES string of the molecule is CCCc1ccc2c(c1)N(C)C(=O)C(C)CO2. The molecule has 0 fully saturated rings. The lowest BCUT2D eigenvalue weighted by Crippen LogP contribution is -2.31. The Morgan fingerprint density at radius 2 is 2.24 bits per heavy atom. The van der Waals surface area contributed by atoms with E-state index in [1.165, 1.54) is 5.56 Å². The Hall–Kier alpha value is -1.51. The Morgan fingerprint density at radius 1 is 1.47 bits per heavy atom. The number of rotatable bonds is 2. The van der Waals surface area contributed by atoms with Crippen molar-refractivity contribution < 1.29 is 9.53 Å². The van der Waals surface area contributed by atoms with Gasteiger partial charge >= 0.3 is 0 Å². The second-order valence-corrected chi connectivity index (χ2v) is 4.66. The number of benzene rings is 1. The number of hydrogen-bond acceptors (Lipinski definition) is 2. The molecular formula is C14H19NO2. The van der Waals surface area contributed by atoms with Gasteiger partial charge in [0.15, 0.2) is 0 Å². The molecule has 2 rings (SSSR count). The maximum Gasteiger partial charge on any atom is 0.233 e. The van der Waals surface area contributed by atoms with E-state index in [4.69, 9.17) is 4.74 Å². The molecule has 1 heterocycles. The topological polar surface area (TPSA) is 29.5 Å². The third-order valence-corrected chi connectivity index (χ3v) is 3.16. The molecule has 92 valence electrons. The fraction of sp³-hybridized carbons (Fsp3) is 0.500. The summed E-state index contributed by atoms with van der Waals surface area (Å²) in [6, 6.07) is 6.12. The standard InChI is InChI=1S/C14H19NO2/c1-4-5-11-6-7-13-12(8-11)15(3)14(16)10(2)9-17-13/h6-8,10H,4-5,9H2,1-3H3. The zero-order chi connectivity index (χ0) is 12.4. The van der Waals surface area contributed by atoms with Crippen LogP contribution in [0.5, 0.6) is 5.75 Å². The van der Waals surface area contributed by atoms with Gasteiger partial charge < -0.3 is 9.64 Å². The minimum Gasteiger partial charge on any atom is -0.491 e. The molecular weight excluding hydrogens is 214 g/mol. The lowest BCUT2D eigenvalue weighted by molar-refractivity contribution is -0.122. The highest BCUT2D eigenvalue weighted by Crippen LogP contribution is 2.32. The first-order valence-corrected chi connectivity index (χ1v) is 6.16. The van der Waals surface area contributed by atoms with Crippen molar-refractivity contribution in [2.24, 2.45) is 5.92 Å². The molecule has 1 amide bonds. The van der Waals surface area contributed by atoms with Crippen LogP contribution in [0.25, 0.3) is 0 Å². The molecule has 1 aromatic rings. The summed E-state index contributed by atoms with van der Waals surface area (Å²) in [6.45, 7) is 4.51. The molecule has 1 aliphatic rings. The highest BCUT2D eigenvalue weighted by Gasteiger charge is 2.25. The van der Waals surface area contributed by atoms with Crippen molar-refractivity contribution in [2.45, 2.75) is 26.7 Å². The molecule has 1 unspecified atom stereocenters. The first-order valence-electron chi connectivity index (χ1n) is 6.16. The lowest BCUT2D eigenvalue weighted by Gasteiger charge is -2.18. The largest absolute Gasteiger partial charge is 0.491 e. The Bertz CT molecular complexity index is 428. The molecule has 0 spiro atoms. The molecule has 1 atom stereocenters. The van der Waals surface area contributed by atoms with Gasteiger partial charge in [-0.2, -0.15) is 0 Å². The van der Waals surface area contributed by atoms with Gasteiger partial charge in [0.05, 0.1) is 18.2 Å². The van der Waals surface area contributed by atoms with Crippen LogP contribution in [0.3, 0.4) is 0 Å². The van der Waals surface area contributed by atoms with Crippen molar-refractivity contribution in [1.29, 1.82) is 0 Å². The molecule has 0 aromatic heterocycles. The molecule has 3 nitrogen and oxygen atoms in total. The third kappa shape index (κ3) is 2.28. The number of aryl methyl sites for hydroxylation is 1.